The van der Waals surface area contributed by atoms with Crippen molar-refractivity contribution in [2.24, 2.45) is 5.92 Å². The third-order valence-corrected chi connectivity index (χ3v) is 3.19. The van der Waals surface area contributed by atoms with Crippen molar-refractivity contribution in [1.29, 1.82) is 0 Å². The summed E-state index contributed by atoms with van der Waals surface area (Å²) in [4.78, 5) is 23.5. The highest BCUT2D eigenvalue weighted by molar-refractivity contribution is 5.68. The highest BCUT2D eigenvalue weighted by Gasteiger charge is 2.24. The van der Waals surface area contributed by atoms with Crippen molar-refractivity contribution in [2.75, 3.05) is 13.1 Å². The van der Waals surface area contributed by atoms with Crippen LogP contribution >= 0.6 is 0 Å². The molecule has 1 aromatic rings. The molecule has 0 bridgehead atoms. The molecule has 1 heterocycles. The predicted molar refractivity (Wildman–Crippen MR) is 68.6 cm³/mol. The van der Waals surface area contributed by atoms with E-state index in [1.165, 1.54) is 12.1 Å². The number of nitro groups is 1. The Morgan fingerprint density at radius 2 is 2.16 bits per heavy atom. The molecule has 102 valence electrons. The second kappa shape index (κ2) is 5.69. The van der Waals surface area contributed by atoms with Crippen LogP contribution in [0.4, 0.5) is 10.5 Å². The molecule has 2 rings (SSSR count). The highest BCUT2D eigenvalue weighted by atomic mass is 16.6. The van der Waals surface area contributed by atoms with E-state index in [1.807, 2.05) is 0 Å². The van der Waals surface area contributed by atoms with Crippen LogP contribution in [0.25, 0.3) is 0 Å². The lowest BCUT2D eigenvalue weighted by atomic mass is 10.2. The van der Waals surface area contributed by atoms with E-state index in [4.69, 9.17) is 4.74 Å². The van der Waals surface area contributed by atoms with Crippen molar-refractivity contribution in [3.05, 3.63) is 39.9 Å². The Kier molecular flexibility index (Phi) is 3.99. The summed E-state index contributed by atoms with van der Waals surface area (Å²) >= 11 is 0. The average Bonchev–Trinajstić information content (AvgIpc) is 2.83. The minimum atomic E-state index is -0.457. The van der Waals surface area contributed by atoms with Crippen molar-refractivity contribution in [2.45, 2.75) is 20.0 Å². The quantitative estimate of drug-likeness (QED) is 0.621. The lowest BCUT2D eigenvalue weighted by Gasteiger charge is -2.15. The number of likely N-dealkylation sites (tertiary alicyclic amines) is 1. The Balaban J connectivity index is 1.85. The second-order valence-corrected chi connectivity index (χ2v) is 4.82. The van der Waals surface area contributed by atoms with Gasteiger partial charge in [-0.15, -0.1) is 0 Å². The van der Waals surface area contributed by atoms with Crippen molar-refractivity contribution in [1.82, 2.24) is 4.90 Å². The summed E-state index contributed by atoms with van der Waals surface area (Å²) in [6.07, 6.45) is 0.690. The molecule has 1 aliphatic heterocycles. The third-order valence-electron chi connectivity index (χ3n) is 3.19. The van der Waals surface area contributed by atoms with Gasteiger partial charge in [0.05, 0.1) is 4.92 Å². The van der Waals surface area contributed by atoms with E-state index >= 15 is 0 Å². The van der Waals surface area contributed by atoms with Crippen LogP contribution in [0.15, 0.2) is 24.3 Å². The molecule has 0 aliphatic carbocycles. The first-order chi connectivity index (χ1) is 9.06. The fourth-order valence-corrected chi connectivity index (χ4v) is 2.05. The summed E-state index contributed by atoms with van der Waals surface area (Å²) in [5, 5.41) is 10.5. The van der Waals surface area contributed by atoms with Crippen molar-refractivity contribution in [3.8, 4) is 0 Å². The van der Waals surface area contributed by atoms with Crippen molar-refractivity contribution >= 4 is 11.8 Å². The van der Waals surface area contributed by atoms with Gasteiger partial charge in [-0.05, 0) is 30.0 Å². The average molecular weight is 264 g/mol. The largest absolute Gasteiger partial charge is 0.445 e. The van der Waals surface area contributed by atoms with Gasteiger partial charge in [0.2, 0.25) is 0 Å². The van der Waals surface area contributed by atoms with Gasteiger partial charge in [-0.3, -0.25) is 10.1 Å². The first-order valence-electron chi connectivity index (χ1n) is 6.21. The van der Waals surface area contributed by atoms with Gasteiger partial charge in [-0.25, -0.2) is 4.79 Å². The maximum Gasteiger partial charge on any atom is 0.410 e. The Bertz CT molecular complexity index is 472. The van der Waals surface area contributed by atoms with Crippen LogP contribution in [-0.2, 0) is 11.3 Å². The van der Waals surface area contributed by atoms with Crippen LogP contribution in [-0.4, -0.2) is 29.0 Å². The molecule has 1 aromatic carbocycles. The van der Waals surface area contributed by atoms with Crippen molar-refractivity contribution in [3.63, 3.8) is 0 Å². The molecule has 0 spiro atoms. The fraction of sp³-hybridized carbons (Fsp3) is 0.462. The van der Waals surface area contributed by atoms with Gasteiger partial charge in [0, 0.05) is 25.2 Å². The Morgan fingerprint density at radius 1 is 1.47 bits per heavy atom. The molecule has 6 heteroatoms. The van der Waals surface area contributed by atoms with Crippen molar-refractivity contribution < 1.29 is 14.5 Å². The molecular formula is C13H16N2O4. The molecule has 1 atom stereocenters. The molecule has 0 unspecified atom stereocenters. The molecule has 6 nitrogen and oxygen atoms in total. The number of nitro benzene ring substituents is 1. The summed E-state index contributed by atoms with van der Waals surface area (Å²) in [5.74, 6) is 0.520. The summed E-state index contributed by atoms with van der Waals surface area (Å²) in [7, 11) is 0. The number of benzene rings is 1. The van der Waals surface area contributed by atoms with E-state index in [0.29, 0.717) is 5.92 Å². The van der Waals surface area contributed by atoms with Gasteiger partial charge in [0.15, 0.2) is 0 Å². The molecule has 0 radical (unpaired) electrons. The van der Waals surface area contributed by atoms with Crippen LogP contribution < -0.4 is 0 Å². The smallest absolute Gasteiger partial charge is 0.410 e. The number of amides is 1. The fourth-order valence-electron chi connectivity index (χ4n) is 2.05. The number of carbonyl (C=O) groups excluding carboxylic acids is 1. The Morgan fingerprint density at radius 3 is 2.68 bits per heavy atom. The second-order valence-electron chi connectivity index (χ2n) is 4.82. The summed E-state index contributed by atoms with van der Waals surface area (Å²) in [6, 6.07) is 6.00. The zero-order valence-electron chi connectivity index (χ0n) is 10.7. The molecule has 0 N–H and O–H groups in total. The third kappa shape index (κ3) is 3.43. The maximum absolute atomic E-state index is 11.7. The van der Waals surface area contributed by atoms with E-state index in [-0.39, 0.29) is 18.4 Å². The number of nitrogens with zero attached hydrogens (tertiary/aromatic N) is 2. The molecule has 0 saturated carbocycles. The molecule has 1 amide bonds. The molecular weight excluding hydrogens is 248 g/mol. The van der Waals surface area contributed by atoms with Gasteiger partial charge in [0.1, 0.15) is 6.61 Å². The molecule has 1 fully saturated rings. The van der Waals surface area contributed by atoms with E-state index in [9.17, 15) is 14.9 Å². The number of rotatable bonds is 3. The zero-order valence-corrected chi connectivity index (χ0v) is 10.7. The number of hydrogen-bond donors (Lipinski definition) is 0. The van der Waals surface area contributed by atoms with Crippen LogP contribution in [0.1, 0.15) is 18.9 Å². The summed E-state index contributed by atoms with van der Waals surface area (Å²) in [5.41, 5.74) is 0.773. The predicted octanol–water partition coefficient (Wildman–Crippen LogP) is 2.57. The van der Waals surface area contributed by atoms with Gasteiger partial charge < -0.3 is 9.64 Å². The van der Waals surface area contributed by atoms with Crippen LogP contribution in [0.5, 0.6) is 0 Å². The van der Waals surface area contributed by atoms with E-state index in [2.05, 4.69) is 6.92 Å². The lowest BCUT2D eigenvalue weighted by Crippen LogP contribution is -2.28. The van der Waals surface area contributed by atoms with Crippen LogP contribution in [0.3, 0.4) is 0 Å². The topological polar surface area (TPSA) is 72.7 Å². The minimum Gasteiger partial charge on any atom is -0.445 e. The number of carbonyl (C=O) groups is 1. The number of non-ortho nitro benzene ring substituents is 1. The normalized spacial score (nSPS) is 18.4. The number of ether oxygens (including phenoxy) is 1. The monoisotopic (exact) mass is 264 g/mol. The lowest BCUT2D eigenvalue weighted by molar-refractivity contribution is -0.384. The summed E-state index contributed by atoms with van der Waals surface area (Å²) in [6.45, 7) is 3.71. The van der Waals surface area contributed by atoms with Gasteiger partial charge in [-0.1, -0.05) is 6.92 Å². The Hall–Kier alpha value is -2.11. The van der Waals surface area contributed by atoms with Gasteiger partial charge >= 0.3 is 6.09 Å². The summed E-state index contributed by atoms with van der Waals surface area (Å²) < 4.78 is 5.18. The van der Waals surface area contributed by atoms with E-state index in [0.717, 1.165) is 25.1 Å². The standard InChI is InChI=1S/C13H16N2O4/c1-10-6-7-14(8-10)13(16)19-9-11-2-4-12(5-3-11)15(17)18/h2-5,10H,6-9H2,1H3/t10-/m0/s1. The van der Waals surface area contributed by atoms with Gasteiger partial charge in [-0.2, -0.15) is 0 Å². The molecule has 1 aliphatic rings. The van der Waals surface area contributed by atoms with Gasteiger partial charge in [0.25, 0.3) is 5.69 Å². The maximum atomic E-state index is 11.7. The first-order valence-corrected chi connectivity index (χ1v) is 6.21. The van der Waals surface area contributed by atoms with Crippen LogP contribution in [0.2, 0.25) is 0 Å². The number of hydrogen-bond acceptors (Lipinski definition) is 4. The molecule has 19 heavy (non-hydrogen) atoms. The minimum absolute atomic E-state index is 0.0310. The molecule has 1 saturated heterocycles. The SMILES string of the molecule is C[C@H]1CCN(C(=O)OCc2ccc([N+](=O)[O-])cc2)C1. The molecule has 0 aromatic heterocycles. The zero-order chi connectivity index (χ0) is 13.8. The van der Waals surface area contributed by atoms with E-state index in [1.54, 1.807) is 17.0 Å². The van der Waals surface area contributed by atoms with Crippen LogP contribution in [0, 0.1) is 16.0 Å². The van der Waals surface area contributed by atoms with E-state index < -0.39 is 4.92 Å². The first kappa shape index (κ1) is 13.3. The highest BCUT2D eigenvalue weighted by Crippen LogP contribution is 2.17. The Labute approximate surface area is 111 Å².